The Labute approximate surface area is 170 Å². The van der Waals surface area contributed by atoms with Crippen LogP contribution in [0.3, 0.4) is 0 Å². The molecule has 0 aliphatic heterocycles. The number of aromatic nitrogens is 3. The lowest BCUT2D eigenvalue weighted by Crippen LogP contribution is -2.31. The molecule has 2 heterocycles. The number of carbonyl (C=O) groups is 2. The Morgan fingerprint density at radius 1 is 1.34 bits per heavy atom. The van der Waals surface area contributed by atoms with Crippen molar-refractivity contribution in [3.63, 3.8) is 0 Å². The second kappa shape index (κ2) is 9.54. The fourth-order valence-electron chi connectivity index (χ4n) is 4.08. The van der Waals surface area contributed by atoms with Crippen LogP contribution in [0.25, 0.3) is 0 Å². The molecule has 0 aromatic carbocycles. The fourth-order valence-corrected chi connectivity index (χ4v) is 4.08. The maximum atomic E-state index is 12.3. The van der Waals surface area contributed by atoms with Crippen molar-refractivity contribution >= 4 is 17.8 Å². The number of H-pyrrole nitrogens is 1. The number of nitrogens with one attached hydrogen (secondary N) is 3. The van der Waals surface area contributed by atoms with Gasteiger partial charge in [0, 0.05) is 35.6 Å². The number of hydrogen-bond acceptors (Lipinski definition) is 4. The number of carbonyl (C=O) groups excluding carboxylic acids is 1. The van der Waals surface area contributed by atoms with E-state index in [-0.39, 0.29) is 11.9 Å². The molecule has 8 nitrogen and oxygen atoms in total. The Bertz CT molecular complexity index is 850. The van der Waals surface area contributed by atoms with Gasteiger partial charge >= 0.3 is 6.09 Å². The van der Waals surface area contributed by atoms with Gasteiger partial charge in [0.25, 0.3) is 0 Å². The van der Waals surface area contributed by atoms with E-state index < -0.39 is 6.09 Å². The highest BCUT2D eigenvalue weighted by Gasteiger charge is 2.27. The largest absolute Gasteiger partial charge is 0.465 e. The summed E-state index contributed by atoms with van der Waals surface area (Å²) >= 11 is 0. The number of aromatic amines is 1. The molecule has 4 N–H and O–H groups in total. The van der Waals surface area contributed by atoms with Crippen LogP contribution in [0.1, 0.15) is 61.9 Å². The van der Waals surface area contributed by atoms with Gasteiger partial charge in [-0.2, -0.15) is 5.10 Å². The molecule has 29 heavy (non-hydrogen) atoms. The van der Waals surface area contributed by atoms with Crippen LogP contribution in [-0.2, 0) is 11.2 Å². The summed E-state index contributed by atoms with van der Waals surface area (Å²) in [4.78, 5) is 27.1. The monoisotopic (exact) mass is 399 g/mol. The third-order valence-corrected chi connectivity index (χ3v) is 5.55. The topological polar surface area (TPSA) is 120 Å². The van der Waals surface area contributed by atoms with Gasteiger partial charge in [-0.15, -0.1) is 0 Å². The average Bonchev–Trinajstić information content (AvgIpc) is 3.28. The average molecular weight is 399 g/mol. The summed E-state index contributed by atoms with van der Waals surface area (Å²) in [6, 6.07) is 5.65. The molecule has 3 atom stereocenters. The molecule has 0 saturated heterocycles. The van der Waals surface area contributed by atoms with Gasteiger partial charge in [0.05, 0.1) is 6.42 Å². The SMILES string of the molecule is Cc1cc(CC(=O)Nc2cc(C3CCC(CC[C@H](C)NC(=O)O)C3)[nH]n2)ccn1. The Kier molecular flexibility index (Phi) is 6.85. The fraction of sp³-hybridized carbons (Fsp3) is 0.524. The zero-order valence-electron chi connectivity index (χ0n) is 16.9. The minimum Gasteiger partial charge on any atom is -0.465 e. The first kappa shape index (κ1) is 20.8. The highest BCUT2D eigenvalue weighted by Crippen LogP contribution is 2.40. The Hall–Kier alpha value is -2.90. The van der Waals surface area contributed by atoms with Gasteiger partial charge in [-0.05, 0) is 69.6 Å². The second-order valence-electron chi connectivity index (χ2n) is 8.04. The quantitative estimate of drug-likeness (QED) is 0.540. The Morgan fingerprint density at radius 3 is 2.93 bits per heavy atom. The summed E-state index contributed by atoms with van der Waals surface area (Å²) in [6.45, 7) is 3.80. The van der Waals surface area contributed by atoms with E-state index in [1.54, 1.807) is 6.20 Å². The normalized spacial score (nSPS) is 19.7. The molecule has 156 valence electrons. The van der Waals surface area contributed by atoms with E-state index in [2.05, 4.69) is 25.8 Å². The summed E-state index contributed by atoms with van der Waals surface area (Å²) < 4.78 is 0. The molecular weight excluding hydrogens is 370 g/mol. The van der Waals surface area contributed by atoms with Crippen LogP contribution in [0.15, 0.2) is 24.4 Å². The summed E-state index contributed by atoms with van der Waals surface area (Å²) in [5.74, 6) is 1.45. The van der Waals surface area contributed by atoms with Crippen molar-refractivity contribution in [2.75, 3.05) is 5.32 Å². The van der Waals surface area contributed by atoms with Crippen LogP contribution in [0.5, 0.6) is 0 Å². The smallest absolute Gasteiger partial charge is 0.404 e. The van der Waals surface area contributed by atoms with Crippen LogP contribution in [0.4, 0.5) is 10.6 Å². The second-order valence-corrected chi connectivity index (χ2v) is 8.04. The molecule has 1 saturated carbocycles. The molecule has 2 aromatic rings. The molecule has 2 aromatic heterocycles. The lowest BCUT2D eigenvalue weighted by atomic mass is 9.96. The molecule has 0 spiro atoms. The van der Waals surface area contributed by atoms with Crippen molar-refractivity contribution in [3.8, 4) is 0 Å². The van der Waals surface area contributed by atoms with E-state index in [0.717, 1.165) is 49.1 Å². The van der Waals surface area contributed by atoms with Crippen molar-refractivity contribution in [3.05, 3.63) is 41.3 Å². The number of anilines is 1. The van der Waals surface area contributed by atoms with E-state index in [1.807, 2.05) is 32.0 Å². The number of rotatable bonds is 8. The van der Waals surface area contributed by atoms with Gasteiger partial charge < -0.3 is 15.7 Å². The maximum absolute atomic E-state index is 12.3. The molecule has 3 rings (SSSR count). The van der Waals surface area contributed by atoms with E-state index >= 15 is 0 Å². The van der Waals surface area contributed by atoms with Crippen molar-refractivity contribution in [1.29, 1.82) is 0 Å². The standard InChI is InChI=1S/C21H29N5O3/c1-13(23-21(28)29)3-4-15-5-6-17(10-15)18-12-19(26-25-18)24-20(27)11-16-7-8-22-14(2)9-16/h7-9,12-13,15,17,23H,3-6,10-11H2,1-2H3,(H,28,29)(H2,24,25,26,27)/t13-,15?,17?/m0/s1. The number of pyridine rings is 1. The Morgan fingerprint density at radius 2 is 2.17 bits per heavy atom. The number of amides is 2. The molecule has 1 aliphatic rings. The van der Waals surface area contributed by atoms with Gasteiger partial charge in [-0.1, -0.05) is 0 Å². The van der Waals surface area contributed by atoms with Gasteiger partial charge in [0.1, 0.15) is 0 Å². The number of nitrogens with zero attached hydrogens (tertiary/aromatic N) is 2. The summed E-state index contributed by atoms with van der Waals surface area (Å²) in [7, 11) is 0. The molecule has 8 heteroatoms. The molecule has 2 unspecified atom stereocenters. The highest BCUT2D eigenvalue weighted by molar-refractivity contribution is 5.91. The predicted molar refractivity (Wildman–Crippen MR) is 110 cm³/mol. The van der Waals surface area contributed by atoms with Crippen LogP contribution >= 0.6 is 0 Å². The van der Waals surface area contributed by atoms with Crippen LogP contribution < -0.4 is 10.6 Å². The lowest BCUT2D eigenvalue weighted by Gasteiger charge is -2.14. The van der Waals surface area contributed by atoms with Crippen LogP contribution in [-0.4, -0.2) is 38.3 Å². The first-order valence-electron chi connectivity index (χ1n) is 10.1. The third kappa shape index (κ3) is 6.30. The van der Waals surface area contributed by atoms with Crippen molar-refractivity contribution in [2.45, 2.75) is 64.3 Å². The number of aryl methyl sites for hydroxylation is 1. The number of hydrogen-bond donors (Lipinski definition) is 4. The zero-order chi connectivity index (χ0) is 20.8. The predicted octanol–water partition coefficient (Wildman–Crippen LogP) is 3.61. The van der Waals surface area contributed by atoms with E-state index in [4.69, 9.17) is 5.11 Å². The van der Waals surface area contributed by atoms with Crippen LogP contribution in [0, 0.1) is 12.8 Å². The third-order valence-electron chi connectivity index (χ3n) is 5.55. The maximum Gasteiger partial charge on any atom is 0.404 e. The first-order chi connectivity index (χ1) is 13.9. The van der Waals surface area contributed by atoms with Gasteiger partial charge in [0.2, 0.25) is 5.91 Å². The Balaban J connectivity index is 1.46. The number of carboxylic acid groups (broad SMARTS) is 1. The molecule has 0 radical (unpaired) electrons. The summed E-state index contributed by atoms with van der Waals surface area (Å²) in [5, 5.41) is 21.5. The van der Waals surface area contributed by atoms with Gasteiger partial charge in [0.15, 0.2) is 5.82 Å². The minimum absolute atomic E-state index is 0.0234. The summed E-state index contributed by atoms with van der Waals surface area (Å²) in [5.41, 5.74) is 2.87. The zero-order valence-corrected chi connectivity index (χ0v) is 16.9. The van der Waals surface area contributed by atoms with Crippen molar-refractivity contribution in [2.24, 2.45) is 5.92 Å². The van der Waals surface area contributed by atoms with Crippen molar-refractivity contribution in [1.82, 2.24) is 20.5 Å². The highest BCUT2D eigenvalue weighted by atomic mass is 16.4. The molecular formula is C21H29N5O3. The van der Waals surface area contributed by atoms with E-state index in [0.29, 0.717) is 24.1 Å². The van der Waals surface area contributed by atoms with Gasteiger partial charge in [-0.3, -0.25) is 14.9 Å². The van der Waals surface area contributed by atoms with E-state index in [9.17, 15) is 9.59 Å². The first-order valence-corrected chi connectivity index (χ1v) is 10.1. The molecule has 1 aliphatic carbocycles. The van der Waals surface area contributed by atoms with E-state index in [1.165, 1.54) is 0 Å². The molecule has 2 amide bonds. The van der Waals surface area contributed by atoms with Crippen LogP contribution in [0.2, 0.25) is 0 Å². The van der Waals surface area contributed by atoms with Crippen molar-refractivity contribution < 1.29 is 14.7 Å². The minimum atomic E-state index is -0.965. The molecule has 1 fully saturated rings. The lowest BCUT2D eigenvalue weighted by molar-refractivity contribution is -0.115. The molecule has 0 bridgehead atoms. The van der Waals surface area contributed by atoms with Gasteiger partial charge in [-0.25, -0.2) is 4.79 Å². The summed E-state index contributed by atoms with van der Waals surface area (Å²) in [6.07, 6.45) is 6.17.